The zero-order valence-electron chi connectivity index (χ0n) is 21.0. The molecule has 3 heterocycles. The molecule has 0 fully saturated rings. The van der Waals surface area contributed by atoms with Crippen LogP contribution in [0.5, 0.6) is 0 Å². The number of unbranched alkanes of at least 4 members (excludes halogenated alkanes) is 3. The molecule has 0 saturated carbocycles. The molecule has 0 aliphatic carbocycles. The molecule has 2 aromatic rings. The molecular formula is C28H38N3O2Si+. The first kappa shape index (κ1) is 23.3. The van der Waals surface area contributed by atoms with E-state index in [9.17, 15) is 4.79 Å². The lowest BCUT2D eigenvalue weighted by atomic mass is 10.1. The molecule has 1 N–H and O–H groups in total. The van der Waals surface area contributed by atoms with Gasteiger partial charge in [0, 0.05) is 49.7 Å². The highest BCUT2D eigenvalue weighted by molar-refractivity contribution is 7.01. The molecule has 6 heteroatoms. The third-order valence-electron chi connectivity index (χ3n) is 8.07. The van der Waals surface area contributed by atoms with Crippen LogP contribution < -0.4 is 30.6 Å². The number of carboxylic acid groups (broad SMARTS) is 1. The first-order valence-electron chi connectivity index (χ1n) is 13.2. The van der Waals surface area contributed by atoms with Crippen molar-refractivity contribution in [2.24, 2.45) is 4.99 Å². The molecule has 34 heavy (non-hydrogen) atoms. The SMILES string of the molecule is CCCCN1CCc2cc3c(cc21)[Si](C)(C)c1cc2c(cc1=N3)CC[N+]=2CCCCCC(=O)O. The molecule has 0 bridgehead atoms. The van der Waals surface area contributed by atoms with E-state index in [1.54, 1.807) is 0 Å². The van der Waals surface area contributed by atoms with Gasteiger partial charge in [0.2, 0.25) is 5.36 Å². The van der Waals surface area contributed by atoms with Crippen LogP contribution in [0.1, 0.15) is 56.6 Å². The van der Waals surface area contributed by atoms with Crippen LogP contribution in [0, 0.1) is 0 Å². The minimum Gasteiger partial charge on any atom is -0.481 e. The number of nitrogens with zero attached hydrogens (tertiary/aromatic N) is 3. The first-order valence-corrected chi connectivity index (χ1v) is 16.2. The molecule has 0 amide bonds. The number of fused-ring (bicyclic) bond motifs is 4. The molecule has 3 aliphatic rings. The lowest BCUT2D eigenvalue weighted by molar-refractivity contribution is -0.137. The third-order valence-corrected chi connectivity index (χ3v) is 11.6. The fourth-order valence-corrected chi connectivity index (χ4v) is 8.83. The molecule has 0 spiro atoms. The molecular weight excluding hydrogens is 438 g/mol. The predicted molar refractivity (Wildman–Crippen MR) is 142 cm³/mol. The van der Waals surface area contributed by atoms with E-state index in [4.69, 9.17) is 10.1 Å². The van der Waals surface area contributed by atoms with E-state index in [1.165, 1.54) is 56.4 Å². The second-order valence-electron chi connectivity index (χ2n) is 10.8. The van der Waals surface area contributed by atoms with Crippen LogP contribution >= 0.6 is 0 Å². The normalized spacial score (nSPS) is 17.1. The van der Waals surface area contributed by atoms with Gasteiger partial charge in [0.25, 0.3) is 0 Å². The highest BCUT2D eigenvalue weighted by Gasteiger charge is 2.36. The average Bonchev–Trinajstić information content (AvgIpc) is 3.38. The standard InChI is InChI=1S/C28H37N3O2Si/c1-4-5-12-30-14-10-20-16-22-26(18-24(20)30)34(2,3)27-19-25-21(17-23(27)29-22)11-15-31(25)13-8-6-7-9-28(32)33/h16-19H,4-15H2,1-3H3/p+1. The van der Waals surface area contributed by atoms with E-state index in [0.717, 1.165) is 58.3 Å². The molecule has 0 unspecified atom stereocenters. The van der Waals surface area contributed by atoms with Crippen molar-refractivity contribution in [2.75, 3.05) is 31.1 Å². The summed E-state index contributed by atoms with van der Waals surface area (Å²) in [7, 11) is -1.88. The summed E-state index contributed by atoms with van der Waals surface area (Å²) in [6, 6.07) is 9.73. The highest BCUT2D eigenvalue weighted by Crippen LogP contribution is 2.32. The van der Waals surface area contributed by atoms with Gasteiger partial charge in [-0.25, -0.2) is 9.57 Å². The summed E-state index contributed by atoms with van der Waals surface area (Å²) in [5.74, 6) is -0.687. The van der Waals surface area contributed by atoms with Crippen LogP contribution in [0.2, 0.25) is 13.1 Å². The minimum atomic E-state index is -1.88. The van der Waals surface area contributed by atoms with Gasteiger partial charge in [-0.3, -0.25) is 4.79 Å². The van der Waals surface area contributed by atoms with Gasteiger partial charge in [0.05, 0.1) is 11.0 Å². The molecule has 0 aromatic heterocycles. The summed E-state index contributed by atoms with van der Waals surface area (Å²) >= 11 is 0. The predicted octanol–water partition coefficient (Wildman–Crippen LogP) is 2.63. The number of carboxylic acids is 1. The smallest absolute Gasteiger partial charge is 0.303 e. The van der Waals surface area contributed by atoms with Crippen LogP contribution in [-0.2, 0) is 17.6 Å². The topological polar surface area (TPSA) is 55.9 Å². The molecule has 180 valence electrons. The maximum Gasteiger partial charge on any atom is 0.303 e. The van der Waals surface area contributed by atoms with Gasteiger partial charge >= 0.3 is 5.97 Å². The largest absolute Gasteiger partial charge is 0.481 e. The fraction of sp³-hybridized carbons (Fsp3) is 0.536. The maximum atomic E-state index is 10.8. The Bertz CT molecular complexity index is 1250. The van der Waals surface area contributed by atoms with Gasteiger partial charge in [0.1, 0.15) is 21.2 Å². The summed E-state index contributed by atoms with van der Waals surface area (Å²) < 4.78 is 2.52. The lowest BCUT2D eigenvalue weighted by Gasteiger charge is -2.30. The van der Waals surface area contributed by atoms with E-state index in [0.29, 0.717) is 0 Å². The molecule has 5 nitrogen and oxygen atoms in total. The zero-order valence-corrected chi connectivity index (χ0v) is 22.0. The molecule has 5 rings (SSSR count). The zero-order chi connectivity index (χ0) is 23.9. The van der Waals surface area contributed by atoms with Crippen LogP contribution in [0.25, 0.3) is 0 Å². The molecule has 0 atom stereocenters. The van der Waals surface area contributed by atoms with E-state index in [-0.39, 0.29) is 6.42 Å². The number of anilines is 1. The molecule has 3 aliphatic heterocycles. The summed E-state index contributed by atoms with van der Waals surface area (Å²) in [6.45, 7) is 11.6. The Morgan fingerprint density at radius 3 is 2.71 bits per heavy atom. The number of hydrogen-bond donors (Lipinski definition) is 1. The van der Waals surface area contributed by atoms with Gasteiger partial charge in [-0.2, -0.15) is 0 Å². The Kier molecular flexibility index (Phi) is 6.36. The van der Waals surface area contributed by atoms with Crippen molar-refractivity contribution in [3.8, 4) is 0 Å². The van der Waals surface area contributed by atoms with E-state index < -0.39 is 14.0 Å². The van der Waals surface area contributed by atoms with Crippen molar-refractivity contribution in [3.05, 3.63) is 46.1 Å². The molecule has 2 aromatic carbocycles. The van der Waals surface area contributed by atoms with Crippen LogP contribution in [0.3, 0.4) is 0 Å². The highest BCUT2D eigenvalue weighted by atomic mass is 28.3. The van der Waals surface area contributed by atoms with Crippen molar-refractivity contribution in [3.63, 3.8) is 0 Å². The van der Waals surface area contributed by atoms with E-state index in [2.05, 4.69) is 53.8 Å². The number of hydrogen-bond acceptors (Lipinski definition) is 3. The van der Waals surface area contributed by atoms with Crippen LogP contribution in [0.15, 0.2) is 29.3 Å². The Morgan fingerprint density at radius 1 is 1.06 bits per heavy atom. The summed E-state index contributed by atoms with van der Waals surface area (Å²) in [6.07, 6.45) is 7.80. The molecule has 0 saturated heterocycles. The average molecular weight is 477 g/mol. The van der Waals surface area contributed by atoms with Crippen molar-refractivity contribution < 1.29 is 9.90 Å². The fourth-order valence-electron chi connectivity index (χ4n) is 6.01. The van der Waals surface area contributed by atoms with Crippen LogP contribution in [-0.4, -0.2) is 45.3 Å². The van der Waals surface area contributed by atoms with Gasteiger partial charge in [-0.05, 0) is 59.8 Å². The van der Waals surface area contributed by atoms with E-state index >= 15 is 0 Å². The Hall–Kier alpha value is -2.47. The number of aliphatic carboxylic acids is 1. The third kappa shape index (κ3) is 4.21. The Morgan fingerprint density at radius 2 is 1.91 bits per heavy atom. The van der Waals surface area contributed by atoms with Crippen molar-refractivity contribution in [1.82, 2.24) is 4.58 Å². The van der Waals surface area contributed by atoms with Gasteiger partial charge in [-0.1, -0.05) is 26.4 Å². The second-order valence-corrected chi connectivity index (χ2v) is 15.1. The van der Waals surface area contributed by atoms with E-state index in [1.807, 2.05) is 0 Å². The minimum absolute atomic E-state index is 0.282. The number of benzene rings is 2. The summed E-state index contributed by atoms with van der Waals surface area (Å²) in [5.41, 5.74) is 5.57. The maximum absolute atomic E-state index is 10.8. The van der Waals surface area contributed by atoms with Crippen molar-refractivity contribution in [2.45, 2.75) is 71.4 Å². The summed E-state index contributed by atoms with van der Waals surface area (Å²) in [4.78, 5) is 18.6. The number of rotatable bonds is 9. The van der Waals surface area contributed by atoms with Crippen LogP contribution in [0.4, 0.5) is 11.4 Å². The number of carbonyl (C=O) groups is 1. The van der Waals surface area contributed by atoms with Crippen molar-refractivity contribution >= 4 is 35.8 Å². The Labute approximate surface area is 203 Å². The Balaban J connectivity index is 1.48. The monoisotopic (exact) mass is 476 g/mol. The van der Waals surface area contributed by atoms with Gasteiger partial charge in [-0.15, -0.1) is 0 Å². The van der Waals surface area contributed by atoms with Gasteiger partial charge < -0.3 is 10.0 Å². The quantitative estimate of drug-likeness (QED) is 0.344. The van der Waals surface area contributed by atoms with Crippen molar-refractivity contribution in [1.29, 1.82) is 0 Å². The first-order chi connectivity index (χ1) is 16.4. The molecule has 0 radical (unpaired) electrons. The van der Waals surface area contributed by atoms with Gasteiger partial charge in [0.15, 0.2) is 0 Å². The summed E-state index contributed by atoms with van der Waals surface area (Å²) in [5, 5.41) is 14.4. The second kappa shape index (κ2) is 9.29. The lowest BCUT2D eigenvalue weighted by Crippen LogP contribution is -2.62.